The zero-order chi connectivity index (χ0) is 30.4. The molecule has 1 unspecified atom stereocenters. The van der Waals surface area contributed by atoms with Gasteiger partial charge in [0.05, 0.1) is 25.2 Å². The minimum absolute atomic E-state index is 0.0352. The summed E-state index contributed by atoms with van der Waals surface area (Å²) < 4.78 is 7.06. The Kier molecular flexibility index (Phi) is 9.56. The Morgan fingerprint density at radius 2 is 0.949 bits per heavy atom. The zero-order valence-corrected chi connectivity index (χ0v) is 27.3. The first-order valence-electron chi connectivity index (χ1n) is 14.3. The summed E-state index contributed by atoms with van der Waals surface area (Å²) in [4.78, 5) is 0. The Hall–Kier alpha value is -1.88. The number of hydrogen-bond acceptors (Lipinski definition) is 4. The molecule has 2 aromatic carbocycles. The number of hydrogen-bond donors (Lipinski definition) is 3. The van der Waals surface area contributed by atoms with Gasteiger partial charge < -0.3 is 20.1 Å². The molecular formula is C35H56O4. The average molecular weight is 541 g/mol. The molecule has 4 heteroatoms. The molecule has 39 heavy (non-hydrogen) atoms. The van der Waals surface area contributed by atoms with E-state index in [0.29, 0.717) is 0 Å². The van der Waals surface area contributed by atoms with Gasteiger partial charge in [-0.05, 0) is 68.9 Å². The lowest BCUT2D eigenvalue weighted by molar-refractivity contribution is -0.0756. The smallest absolute Gasteiger partial charge is 0.137 e. The van der Waals surface area contributed by atoms with Crippen LogP contribution in [0.1, 0.15) is 128 Å². The van der Waals surface area contributed by atoms with Crippen molar-refractivity contribution in [3.63, 3.8) is 0 Å². The van der Waals surface area contributed by atoms with Crippen LogP contribution < -0.4 is 4.74 Å². The highest BCUT2D eigenvalue weighted by Gasteiger charge is 2.44. The van der Waals surface area contributed by atoms with Crippen molar-refractivity contribution in [3.8, 4) is 5.75 Å². The second-order valence-electron chi connectivity index (χ2n) is 15.8. The number of benzene rings is 2. The summed E-state index contributed by atoms with van der Waals surface area (Å²) in [7, 11) is 0. The van der Waals surface area contributed by atoms with E-state index in [-0.39, 0.29) is 21.7 Å². The van der Waals surface area contributed by atoms with E-state index >= 15 is 0 Å². The fraction of sp³-hybridized carbons (Fsp3) is 0.657. The Morgan fingerprint density at radius 1 is 0.564 bits per heavy atom. The fourth-order valence-electron chi connectivity index (χ4n) is 5.13. The third-order valence-electron chi connectivity index (χ3n) is 8.01. The monoisotopic (exact) mass is 540 g/mol. The third kappa shape index (κ3) is 7.07. The van der Waals surface area contributed by atoms with Crippen molar-refractivity contribution in [1.29, 1.82) is 0 Å². The molecule has 4 nitrogen and oxygen atoms in total. The molecule has 0 heterocycles. The number of aryl methyl sites for hydroxylation is 2. The SMILES string of the molecule is Cc1cc(C(C)(C)C)cc(C(C)(C)C)c1OC(c1c(C)cc(C(C)(C)C)cc1C(C)(C)C)C(CO)(CO)CO. The molecule has 0 bridgehead atoms. The molecule has 0 radical (unpaired) electrons. The maximum Gasteiger partial charge on any atom is 0.137 e. The molecule has 0 saturated heterocycles. The molecule has 3 N–H and O–H groups in total. The molecule has 0 aromatic heterocycles. The second-order valence-corrected chi connectivity index (χ2v) is 15.8. The minimum Gasteiger partial charge on any atom is -0.484 e. The van der Waals surface area contributed by atoms with E-state index in [1.165, 1.54) is 11.1 Å². The van der Waals surface area contributed by atoms with E-state index < -0.39 is 31.3 Å². The maximum absolute atomic E-state index is 10.7. The lowest BCUT2D eigenvalue weighted by atomic mass is 9.71. The fourth-order valence-corrected chi connectivity index (χ4v) is 5.13. The van der Waals surface area contributed by atoms with Gasteiger partial charge in [0.1, 0.15) is 11.9 Å². The van der Waals surface area contributed by atoms with E-state index in [4.69, 9.17) is 4.74 Å². The molecule has 2 aromatic rings. The quantitative estimate of drug-likeness (QED) is 0.339. The van der Waals surface area contributed by atoms with E-state index in [1.54, 1.807) is 0 Å². The number of rotatable bonds is 7. The van der Waals surface area contributed by atoms with E-state index in [9.17, 15) is 15.3 Å². The van der Waals surface area contributed by atoms with Gasteiger partial charge in [0.15, 0.2) is 0 Å². The van der Waals surface area contributed by atoms with Gasteiger partial charge in [0.2, 0.25) is 0 Å². The lowest BCUT2D eigenvalue weighted by Crippen LogP contribution is -2.44. The first kappa shape index (κ1) is 33.3. The Balaban J connectivity index is 3.03. The van der Waals surface area contributed by atoms with Crippen molar-refractivity contribution in [2.45, 2.75) is 125 Å². The zero-order valence-electron chi connectivity index (χ0n) is 27.3. The van der Waals surface area contributed by atoms with Crippen LogP contribution in [0.15, 0.2) is 24.3 Å². The van der Waals surface area contributed by atoms with E-state index in [0.717, 1.165) is 33.6 Å². The third-order valence-corrected chi connectivity index (χ3v) is 8.01. The lowest BCUT2D eigenvalue weighted by Gasteiger charge is -2.42. The van der Waals surface area contributed by atoms with Crippen LogP contribution in [-0.2, 0) is 21.7 Å². The minimum atomic E-state index is -1.29. The van der Waals surface area contributed by atoms with Crippen LogP contribution >= 0.6 is 0 Å². The van der Waals surface area contributed by atoms with Crippen molar-refractivity contribution in [2.24, 2.45) is 5.41 Å². The molecule has 0 spiro atoms. The standard InChI is InChI=1S/C35H56O4/c1-22-15-24(31(3,4)5)17-26(33(9,10)11)28(22)30(35(19-36,20-37)21-38)39-29-23(2)16-25(32(6,7)8)18-27(29)34(12,13)14/h15-18,30,36-38H,19-21H2,1-14H3. The Bertz CT molecular complexity index is 1140. The summed E-state index contributed by atoms with van der Waals surface area (Å²) in [5.41, 5.74) is 5.72. The van der Waals surface area contributed by atoms with Crippen LogP contribution in [0.3, 0.4) is 0 Å². The van der Waals surface area contributed by atoms with E-state index in [2.05, 4.69) is 121 Å². The van der Waals surface area contributed by atoms with Crippen LogP contribution in [-0.4, -0.2) is 35.1 Å². The number of ether oxygens (including phenoxy) is 1. The molecule has 0 aliphatic rings. The van der Waals surface area contributed by atoms with Gasteiger partial charge in [-0.1, -0.05) is 107 Å². The highest BCUT2D eigenvalue weighted by Crippen LogP contribution is 2.47. The number of aliphatic hydroxyl groups excluding tert-OH is 3. The van der Waals surface area contributed by atoms with Crippen molar-refractivity contribution >= 4 is 0 Å². The maximum atomic E-state index is 10.7. The summed E-state index contributed by atoms with van der Waals surface area (Å²) in [6, 6.07) is 8.85. The Morgan fingerprint density at radius 3 is 1.31 bits per heavy atom. The first-order chi connectivity index (χ1) is 17.5. The van der Waals surface area contributed by atoms with Crippen LogP contribution in [0, 0.1) is 19.3 Å². The normalized spacial score (nSPS) is 14.5. The first-order valence-corrected chi connectivity index (χ1v) is 14.3. The number of aliphatic hydroxyl groups is 3. The summed E-state index contributed by atoms with van der Waals surface area (Å²) in [6.07, 6.45) is -0.777. The summed E-state index contributed by atoms with van der Waals surface area (Å²) in [6.45, 7) is 29.2. The van der Waals surface area contributed by atoms with Gasteiger partial charge in [0.25, 0.3) is 0 Å². The van der Waals surface area contributed by atoms with Gasteiger partial charge in [-0.15, -0.1) is 0 Å². The summed E-state index contributed by atoms with van der Waals surface area (Å²) in [5, 5.41) is 32.1. The predicted octanol–water partition coefficient (Wildman–Crippen LogP) is 7.58. The highest BCUT2D eigenvalue weighted by molar-refractivity contribution is 5.51. The van der Waals surface area contributed by atoms with Gasteiger partial charge in [0, 0.05) is 5.56 Å². The predicted molar refractivity (Wildman–Crippen MR) is 164 cm³/mol. The van der Waals surface area contributed by atoms with Gasteiger partial charge in [-0.2, -0.15) is 0 Å². The molecule has 0 fully saturated rings. The molecule has 2 rings (SSSR count). The van der Waals surface area contributed by atoms with Gasteiger partial charge in [-0.25, -0.2) is 0 Å². The largest absolute Gasteiger partial charge is 0.484 e. The Labute approximate surface area is 238 Å². The highest BCUT2D eigenvalue weighted by atomic mass is 16.5. The van der Waals surface area contributed by atoms with Crippen molar-refractivity contribution in [3.05, 3.63) is 63.2 Å². The molecule has 0 aliphatic heterocycles. The van der Waals surface area contributed by atoms with Crippen molar-refractivity contribution in [2.75, 3.05) is 19.8 Å². The molecule has 1 atom stereocenters. The topological polar surface area (TPSA) is 69.9 Å². The van der Waals surface area contributed by atoms with Crippen molar-refractivity contribution < 1.29 is 20.1 Å². The van der Waals surface area contributed by atoms with Gasteiger partial charge in [-0.3, -0.25) is 0 Å². The average Bonchev–Trinajstić information content (AvgIpc) is 2.77. The van der Waals surface area contributed by atoms with Gasteiger partial charge >= 0.3 is 0 Å². The molecule has 0 amide bonds. The van der Waals surface area contributed by atoms with Crippen LogP contribution in [0.5, 0.6) is 5.75 Å². The van der Waals surface area contributed by atoms with Crippen LogP contribution in [0.25, 0.3) is 0 Å². The van der Waals surface area contributed by atoms with Crippen molar-refractivity contribution in [1.82, 2.24) is 0 Å². The molecular weight excluding hydrogens is 484 g/mol. The molecule has 0 saturated carbocycles. The van der Waals surface area contributed by atoms with Crippen LogP contribution in [0.4, 0.5) is 0 Å². The van der Waals surface area contributed by atoms with E-state index in [1.807, 2.05) is 0 Å². The van der Waals surface area contributed by atoms with Crippen LogP contribution in [0.2, 0.25) is 0 Å². The summed E-state index contributed by atoms with van der Waals surface area (Å²) in [5.74, 6) is 0.749. The second kappa shape index (κ2) is 11.2. The molecule has 0 aliphatic carbocycles. The summed E-state index contributed by atoms with van der Waals surface area (Å²) >= 11 is 0. The molecule has 220 valence electrons.